The fourth-order valence-corrected chi connectivity index (χ4v) is 4.80. The molecule has 0 fully saturated rings. The highest BCUT2D eigenvalue weighted by Crippen LogP contribution is 2.33. The lowest BCUT2D eigenvalue weighted by Gasteiger charge is -2.19. The summed E-state index contributed by atoms with van der Waals surface area (Å²) < 4.78 is 47.8. The topological polar surface area (TPSA) is 13.1 Å². The third kappa shape index (κ3) is 7.50. The third-order valence-corrected chi connectivity index (χ3v) is 6.77. The van der Waals surface area contributed by atoms with Crippen LogP contribution in [0, 0.1) is 13.8 Å². The van der Waals surface area contributed by atoms with Gasteiger partial charge in [0.1, 0.15) is 18.1 Å². The molecule has 40 heavy (non-hydrogen) atoms. The number of halogens is 4. The first-order chi connectivity index (χ1) is 19.1. The Kier molecular flexibility index (Phi) is 9.25. The summed E-state index contributed by atoms with van der Waals surface area (Å²) in [5.41, 5.74) is 9.79. The second-order valence-corrected chi connectivity index (χ2v) is 9.66. The number of aromatic nitrogens is 1. The first kappa shape index (κ1) is 28.9. The van der Waals surface area contributed by atoms with Crippen LogP contribution in [0.15, 0.2) is 103 Å². The van der Waals surface area contributed by atoms with Gasteiger partial charge in [0.25, 0.3) is 0 Å². The van der Waals surface area contributed by atoms with E-state index in [1.54, 1.807) is 0 Å². The van der Waals surface area contributed by atoms with Gasteiger partial charge in [-0.3, -0.25) is 0 Å². The number of fused-ring (bicyclic) bond motifs is 1. The van der Waals surface area contributed by atoms with Crippen LogP contribution in [0.5, 0.6) is 0 Å². The van der Waals surface area contributed by atoms with Gasteiger partial charge in [0.2, 0.25) is 0 Å². The minimum absolute atomic E-state index is 0.862. The number of unbranched alkanes of at least 4 members (excludes halogenated alkanes) is 1. The van der Waals surface area contributed by atoms with E-state index in [1.807, 2.05) is 36.4 Å². The van der Waals surface area contributed by atoms with Gasteiger partial charge in [-0.15, -0.1) is 0 Å². The van der Waals surface area contributed by atoms with Gasteiger partial charge in [0, 0.05) is 31.4 Å². The van der Waals surface area contributed by atoms with Gasteiger partial charge in [-0.2, -0.15) is 4.57 Å². The summed E-state index contributed by atoms with van der Waals surface area (Å²) in [5, 5.41) is 0. The van der Waals surface area contributed by atoms with Crippen molar-refractivity contribution in [2.45, 2.75) is 40.2 Å². The minimum Gasteiger partial charge on any atom is -0.456 e. The average molecular weight is 545 g/mol. The van der Waals surface area contributed by atoms with E-state index in [0.717, 1.165) is 34.8 Å². The van der Waals surface area contributed by atoms with Crippen molar-refractivity contribution in [1.29, 1.82) is 0 Å². The van der Waals surface area contributed by atoms with Crippen molar-refractivity contribution >= 4 is 24.8 Å². The lowest BCUT2D eigenvalue weighted by Crippen LogP contribution is -2.37. The maximum absolute atomic E-state index is 9.75. The Bertz CT molecular complexity index is 1410. The molecule has 7 heteroatoms. The van der Waals surface area contributed by atoms with Crippen molar-refractivity contribution in [3.8, 4) is 11.1 Å². The Morgan fingerprint density at radius 3 is 1.57 bits per heavy atom. The smallest absolute Gasteiger partial charge is 0.456 e. The largest absolute Gasteiger partial charge is 0.673 e. The van der Waals surface area contributed by atoms with Crippen LogP contribution in [-0.2, 0) is 11.3 Å². The normalized spacial score (nSPS) is 13.1. The molecule has 0 bridgehead atoms. The molecule has 2 heterocycles. The summed E-state index contributed by atoms with van der Waals surface area (Å²) in [5.74, 6) is 1.72. The number of hydrogen-bond donors (Lipinski definition) is 0. The summed E-state index contributed by atoms with van der Waals surface area (Å²) in [6, 6.07) is 29.6. The molecule has 2 aromatic rings. The van der Waals surface area contributed by atoms with Crippen LogP contribution in [0.3, 0.4) is 0 Å². The van der Waals surface area contributed by atoms with Crippen LogP contribution in [0.4, 0.5) is 17.3 Å². The molecular weight excluding hydrogens is 513 g/mol. The van der Waals surface area contributed by atoms with E-state index in [1.165, 1.54) is 40.9 Å². The van der Waals surface area contributed by atoms with Crippen LogP contribution >= 0.6 is 0 Å². The molecule has 2 aromatic carbocycles. The fraction of sp³-hybridized carbons (Fsp3) is 0.182. The van der Waals surface area contributed by atoms with Gasteiger partial charge in [0.05, 0.1) is 11.1 Å². The standard InChI is InChI=1S/C33H32NO.BF4/c1-4-5-20-34-24(2)30-18-16-26(17-19-31(30)25(34)3)21-27-22-32(28-12-8-6-9-13-28)35-33(23-27)29-14-10-7-11-15-29;2-1(3,4)5/h6-19,21-23H,4-5,20H2,1-3H3;/q+1;-1. The summed E-state index contributed by atoms with van der Waals surface area (Å²) >= 11 is 0. The monoisotopic (exact) mass is 545 g/mol. The molecule has 1 aliphatic carbocycles. The number of ether oxygens (including phenoxy) is 1. The summed E-state index contributed by atoms with van der Waals surface area (Å²) in [7, 11) is -6.00. The highest BCUT2D eigenvalue weighted by atomic mass is 19.5. The van der Waals surface area contributed by atoms with E-state index in [4.69, 9.17) is 4.74 Å². The molecule has 3 aliphatic rings. The Morgan fingerprint density at radius 2 is 1.15 bits per heavy atom. The summed E-state index contributed by atoms with van der Waals surface area (Å²) in [6.07, 6.45) is 8.91. The number of benzene rings is 2. The molecule has 2 aliphatic heterocycles. The van der Waals surface area contributed by atoms with Gasteiger partial charge in [-0.05, 0) is 41.5 Å². The zero-order valence-electron chi connectivity index (χ0n) is 22.9. The first-order valence-electron chi connectivity index (χ1n) is 13.4. The molecule has 206 valence electrons. The highest BCUT2D eigenvalue weighted by Gasteiger charge is 2.24. The fourth-order valence-electron chi connectivity index (χ4n) is 4.80. The summed E-state index contributed by atoms with van der Waals surface area (Å²) in [4.78, 5) is 0. The minimum atomic E-state index is -6.00. The maximum atomic E-state index is 9.75. The molecule has 5 rings (SSSR count). The number of rotatable bonds is 6. The van der Waals surface area contributed by atoms with Crippen molar-refractivity contribution in [2.75, 3.05) is 0 Å². The van der Waals surface area contributed by atoms with E-state index in [0.29, 0.717) is 0 Å². The first-order valence-corrected chi connectivity index (χ1v) is 13.4. The van der Waals surface area contributed by atoms with Gasteiger partial charge >= 0.3 is 7.25 Å². The van der Waals surface area contributed by atoms with Crippen LogP contribution in [0.2, 0.25) is 0 Å². The predicted molar refractivity (Wildman–Crippen MR) is 156 cm³/mol. The van der Waals surface area contributed by atoms with Gasteiger partial charge in [-0.25, -0.2) is 0 Å². The molecule has 0 aromatic heterocycles. The maximum Gasteiger partial charge on any atom is 0.673 e. The molecule has 2 nitrogen and oxygen atoms in total. The molecule has 0 N–H and O–H groups in total. The molecule has 0 saturated heterocycles. The lowest BCUT2D eigenvalue weighted by molar-refractivity contribution is -0.704. The number of nitrogens with zero attached hydrogens (tertiary/aromatic N) is 1. The Labute approximate surface area is 233 Å². The van der Waals surface area contributed by atoms with E-state index < -0.39 is 7.25 Å². The second-order valence-electron chi connectivity index (χ2n) is 9.66. The van der Waals surface area contributed by atoms with Crippen molar-refractivity contribution in [1.82, 2.24) is 0 Å². The second kappa shape index (κ2) is 12.8. The molecule has 0 radical (unpaired) electrons. The zero-order chi connectivity index (χ0) is 28.7. The average Bonchev–Trinajstić information content (AvgIpc) is 3.05. The van der Waals surface area contributed by atoms with E-state index in [9.17, 15) is 17.3 Å². The van der Waals surface area contributed by atoms with E-state index in [2.05, 4.69) is 92.1 Å². The number of hydrogen-bond acceptors (Lipinski definition) is 1. The van der Waals surface area contributed by atoms with Crippen LogP contribution < -0.4 is 4.57 Å². The molecule has 0 spiro atoms. The molecule has 0 unspecified atom stereocenters. The van der Waals surface area contributed by atoms with Crippen molar-refractivity contribution in [3.63, 3.8) is 0 Å². The highest BCUT2D eigenvalue weighted by molar-refractivity contribution is 6.50. The Hall–Kier alpha value is -4.13. The van der Waals surface area contributed by atoms with E-state index >= 15 is 0 Å². The summed E-state index contributed by atoms with van der Waals surface area (Å²) in [6.45, 7) is 7.82. The van der Waals surface area contributed by atoms with Gasteiger partial charge in [0.15, 0.2) is 11.4 Å². The molecular formula is C33H32BF4NO. The van der Waals surface area contributed by atoms with Gasteiger partial charge < -0.3 is 22.0 Å². The molecule has 0 amide bonds. The lowest BCUT2D eigenvalue weighted by atomic mass is 10.0. The van der Waals surface area contributed by atoms with Crippen LogP contribution in [0.1, 0.15) is 47.8 Å². The van der Waals surface area contributed by atoms with Crippen molar-refractivity contribution in [3.05, 3.63) is 131 Å². The molecule has 0 atom stereocenters. The van der Waals surface area contributed by atoms with E-state index in [-0.39, 0.29) is 0 Å². The molecule has 0 saturated carbocycles. The third-order valence-electron chi connectivity index (χ3n) is 6.77. The Balaban J connectivity index is 0.000000681. The quantitative estimate of drug-likeness (QED) is 0.134. The zero-order valence-corrected chi connectivity index (χ0v) is 22.9. The number of allylic oxidation sites excluding steroid dienone is 3. The van der Waals surface area contributed by atoms with Crippen LogP contribution in [-0.4, -0.2) is 7.25 Å². The van der Waals surface area contributed by atoms with Crippen molar-refractivity contribution in [2.24, 2.45) is 0 Å². The van der Waals surface area contributed by atoms with Crippen LogP contribution in [0.25, 0.3) is 28.7 Å². The van der Waals surface area contributed by atoms with Crippen molar-refractivity contribution < 1.29 is 26.6 Å². The predicted octanol–water partition coefficient (Wildman–Crippen LogP) is 9.29. The SMILES string of the molecule is CCCC[n+]1c(C)c2ccc(C=C3C=C(c4ccccc4)OC(c4ccccc4)=C3)ccc-2c1C.F[B-](F)(F)F. The van der Waals surface area contributed by atoms with Gasteiger partial charge in [-0.1, -0.05) is 86.1 Å². The Morgan fingerprint density at radius 1 is 0.700 bits per heavy atom.